The van der Waals surface area contributed by atoms with Crippen molar-refractivity contribution >= 4 is 29.3 Å². The van der Waals surface area contributed by atoms with Crippen molar-refractivity contribution in [2.24, 2.45) is 0 Å². The summed E-state index contributed by atoms with van der Waals surface area (Å²) in [4.78, 5) is 24.1. The van der Waals surface area contributed by atoms with Gasteiger partial charge in [0.1, 0.15) is 6.61 Å². The zero-order valence-corrected chi connectivity index (χ0v) is 19.7. The van der Waals surface area contributed by atoms with Crippen molar-refractivity contribution in [3.63, 3.8) is 0 Å². The molecule has 0 fully saturated rings. The number of carbonyl (C=O) groups is 2. The average Bonchev–Trinajstić information content (AvgIpc) is 2.82. The van der Waals surface area contributed by atoms with E-state index in [9.17, 15) is 9.59 Å². The molecule has 0 spiro atoms. The van der Waals surface area contributed by atoms with E-state index < -0.39 is 18.0 Å². The predicted molar refractivity (Wildman–Crippen MR) is 126 cm³/mol. The Bertz CT molecular complexity index is 1080. The molecule has 0 aliphatic carbocycles. The number of thiocarbonyl (C=S) groups is 1. The van der Waals surface area contributed by atoms with Crippen LogP contribution in [-0.4, -0.2) is 37.9 Å². The number of carbonyl (C=O) groups excluding carboxylic acids is 2. The molecule has 0 amide bonds. The molecule has 0 bridgehead atoms. The Morgan fingerprint density at radius 1 is 1.03 bits per heavy atom. The van der Waals surface area contributed by atoms with Crippen LogP contribution < -0.4 is 20.1 Å². The number of rotatable bonds is 8. The van der Waals surface area contributed by atoms with Crippen LogP contribution in [-0.2, 0) is 20.9 Å². The largest absolute Gasteiger partial charge is 0.493 e. The fourth-order valence-corrected chi connectivity index (χ4v) is 3.69. The lowest BCUT2D eigenvalue weighted by Crippen LogP contribution is -2.45. The van der Waals surface area contributed by atoms with Crippen LogP contribution in [0.25, 0.3) is 0 Å². The highest BCUT2D eigenvalue weighted by molar-refractivity contribution is 7.80. The van der Waals surface area contributed by atoms with E-state index in [2.05, 4.69) is 10.6 Å². The normalized spacial score (nSPS) is 15.3. The number of ether oxygens (including phenoxy) is 4. The van der Waals surface area contributed by atoms with Gasteiger partial charge in [-0.15, -0.1) is 0 Å². The van der Waals surface area contributed by atoms with Gasteiger partial charge in [-0.3, -0.25) is 0 Å². The summed E-state index contributed by atoms with van der Waals surface area (Å²) in [6, 6.07) is 11.9. The van der Waals surface area contributed by atoms with Crippen molar-refractivity contribution in [1.29, 1.82) is 0 Å². The zero-order valence-electron chi connectivity index (χ0n) is 18.9. The first kappa shape index (κ1) is 24.1. The number of hydrogen-bond donors (Lipinski definition) is 2. The maximum atomic E-state index is 12.6. The van der Waals surface area contributed by atoms with Crippen molar-refractivity contribution in [2.45, 2.75) is 26.5 Å². The highest BCUT2D eigenvalue weighted by Gasteiger charge is 2.31. The second kappa shape index (κ2) is 10.8. The Morgan fingerprint density at radius 3 is 2.39 bits per heavy atom. The first-order valence-electron chi connectivity index (χ1n) is 10.3. The number of esters is 2. The molecule has 2 aromatic carbocycles. The molecule has 1 aliphatic rings. The van der Waals surface area contributed by atoms with Gasteiger partial charge in [-0.25, -0.2) is 9.59 Å². The number of allylic oxidation sites excluding steroid dienone is 1. The van der Waals surface area contributed by atoms with Crippen molar-refractivity contribution in [3.8, 4) is 11.5 Å². The molecule has 0 saturated heterocycles. The first-order chi connectivity index (χ1) is 15.9. The lowest BCUT2D eigenvalue weighted by atomic mass is 9.95. The van der Waals surface area contributed by atoms with Gasteiger partial charge in [0.2, 0.25) is 0 Å². The molecular weight excluding hydrogens is 444 g/mol. The molecule has 1 heterocycles. The van der Waals surface area contributed by atoms with Crippen LogP contribution in [0.5, 0.6) is 11.5 Å². The standard InChI is InChI=1S/C24H26N2O6S/c1-5-31-23(28)20-14(2)25-24(33)26-21(20)17-10-11-18(19(12-17)29-3)32-13-15-6-8-16(9-7-15)22(27)30-4/h6-12,21H,5,13H2,1-4H3,(H2,25,26,33)/t21-/m1/s1. The van der Waals surface area contributed by atoms with Crippen LogP contribution in [0.1, 0.15) is 41.4 Å². The molecule has 1 aliphatic heterocycles. The summed E-state index contributed by atoms with van der Waals surface area (Å²) in [5.41, 5.74) is 3.20. The molecule has 2 aromatic rings. The Balaban J connectivity index is 1.81. The van der Waals surface area contributed by atoms with E-state index >= 15 is 0 Å². The summed E-state index contributed by atoms with van der Waals surface area (Å²) < 4.78 is 21.4. The molecule has 0 aromatic heterocycles. The van der Waals surface area contributed by atoms with Gasteiger partial charge in [0.25, 0.3) is 0 Å². The summed E-state index contributed by atoms with van der Waals surface area (Å²) >= 11 is 5.29. The molecule has 2 N–H and O–H groups in total. The number of nitrogens with one attached hydrogen (secondary N) is 2. The van der Waals surface area contributed by atoms with Crippen molar-refractivity contribution in [2.75, 3.05) is 20.8 Å². The van der Waals surface area contributed by atoms with E-state index in [1.807, 2.05) is 6.07 Å². The summed E-state index contributed by atoms with van der Waals surface area (Å²) in [5.74, 6) is 0.230. The molecule has 174 valence electrons. The average molecular weight is 471 g/mol. The number of benzene rings is 2. The third-order valence-corrected chi connectivity index (χ3v) is 5.27. The minimum atomic E-state index is -0.494. The highest BCUT2D eigenvalue weighted by atomic mass is 32.1. The second-order valence-electron chi connectivity index (χ2n) is 7.18. The molecule has 0 radical (unpaired) electrons. The van der Waals surface area contributed by atoms with Gasteiger partial charge in [0, 0.05) is 5.70 Å². The van der Waals surface area contributed by atoms with E-state index in [0.29, 0.717) is 33.4 Å². The van der Waals surface area contributed by atoms with Gasteiger partial charge in [0.15, 0.2) is 16.6 Å². The Labute approximate surface area is 197 Å². The summed E-state index contributed by atoms with van der Waals surface area (Å²) in [6.45, 7) is 4.09. The van der Waals surface area contributed by atoms with Gasteiger partial charge in [-0.1, -0.05) is 18.2 Å². The second-order valence-corrected chi connectivity index (χ2v) is 7.59. The quantitative estimate of drug-likeness (QED) is 0.444. The maximum Gasteiger partial charge on any atom is 0.338 e. The molecular formula is C24H26N2O6S. The van der Waals surface area contributed by atoms with Crippen LogP contribution in [0.2, 0.25) is 0 Å². The number of hydrogen-bond acceptors (Lipinski definition) is 7. The number of methoxy groups -OCH3 is 2. The molecule has 0 saturated carbocycles. The van der Waals surface area contributed by atoms with E-state index in [1.165, 1.54) is 7.11 Å². The van der Waals surface area contributed by atoms with Gasteiger partial charge >= 0.3 is 11.9 Å². The smallest absolute Gasteiger partial charge is 0.338 e. The summed E-state index contributed by atoms with van der Waals surface area (Å²) in [5, 5.41) is 6.52. The van der Waals surface area contributed by atoms with Crippen molar-refractivity contribution < 1.29 is 28.5 Å². The summed E-state index contributed by atoms with van der Waals surface area (Å²) in [7, 11) is 2.89. The van der Waals surface area contributed by atoms with Crippen LogP contribution in [0.15, 0.2) is 53.7 Å². The summed E-state index contributed by atoms with van der Waals surface area (Å²) in [6.07, 6.45) is 0. The molecule has 0 unspecified atom stereocenters. The molecule has 9 heteroatoms. The molecule has 3 rings (SSSR count). The van der Waals surface area contributed by atoms with Crippen molar-refractivity contribution in [1.82, 2.24) is 10.6 Å². The van der Waals surface area contributed by atoms with Crippen molar-refractivity contribution in [3.05, 3.63) is 70.4 Å². The Morgan fingerprint density at radius 2 is 1.76 bits per heavy atom. The molecule has 8 nitrogen and oxygen atoms in total. The third-order valence-electron chi connectivity index (χ3n) is 5.05. The predicted octanol–water partition coefficient (Wildman–Crippen LogP) is 3.42. The van der Waals surface area contributed by atoms with Gasteiger partial charge in [0.05, 0.1) is 38.0 Å². The molecule has 33 heavy (non-hydrogen) atoms. The lowest BCUT2D eigenvalue weighted by molar-refractivity contribution is -0.139. The fourth-order valence-electron chi connectivity index (χ4n) is 3.42. The first-order valence-corrected chi connectivity index (χ1v) is 10.7. The van der Waals surface area contributed by atoms with Crippen LogP contribution >= 0.6 is 12.2 Å². The van der Waals surface area contributed by atoms with E-state index in [-0.39, 0.29) is 13.2 Å². The van der Waals surface area contributed by atoms with Gasteiger partial charge < -0.3 is 29.6 Å². The fraction of sp³-hybridized carbons (Fsp3) is 0.292. The SMILES string of the molecule is CCOC(=O)C1=C(C)NC(=S)N[C@@H]1c1ccc(OCc2ccc(C(=O)OC)cc2)c(OC)c1. The Hall–Kier alpha value is -3.59. The lowest BCUT2D eigenvalue weighted by Gasteiger charge is -2.30. The van der Waals surface area contributed by atoms with Crippen LogP contribution in [0.3, 0.4) is 0 Å². The highest BCUT2D eigenvalue weighted by Crippen LogP contribution is 2.35. The topological polar surface area (TPSA) is 95.1 Å². The third kappa shape index (κ3) is 5.61. The van der Waals surface area contributed by atoms with E-state index in [1.54, 1.807) is 57.4 Å². The van der Waals surface area contributed by atoms with Gasteiger partial charge in [-0.05, 0) is 61.5 Å². The minimum absolute atomic E-state index is 0.267. The maximum absolute atomic E-state index is 12.6. The molecule has 1 atom stereocenters. The van der Waals surface area contributed by atoms with E-state index in [0.717, 1.165) is 11.1 Å². The van der Waals surface area contributed by atoms with Crippen LogP contribution in [0, 0.1) is 0 Å². The van der Waals surface area contributed by atoms with E-state index in [4.69, 9.17) is 31.2 Å². The van der Waals surface area contributed by atoms with Crippen LogP contribution in [0.4, 0.5) is 0 Å². The monoisotopic (exact) mass is 470 g/mol. The van der Waals surface area contributed by atoms with Gasteiger partial charge in [-0.2, -0.15) is 0 Å². The Kier molecular flexibility index (Phi) is 7.89. The zero-order chi connectivity index (χ0) is 24.0. The minimum Gasteiger partial charge on any atom is -0.493 e.